The first-order valence-corrected chi connectivity index (χ1v) is 5.67. The summed E-state index contributed by atoms with van der Waals surface area (Å²) in [6.07, 6.45) is 4.07. The minimum absolute atomic E-state index is 0.271. The molecule has 2 heterocycles. The van der Waals surface area contributed by atoms with Crippen LogP contribution in [0.5, 0.6) is 0 Å². The lowest BCUT2D eigenvalue weighted by molar-refractivity contribution is 0.354. The van der Waals surface area contributed by atoms with Gasteiger partial charge in [-0.2, -0.15) is 0 Å². The van der Waals surface area contributed by atoms with Crippen molar-refractivity contribution in [3.05, 3.63) is 17.8 Å². The Hall–Kier alpha value is -0.870. The summed E-state index contributed by atoms with van der Waals surface area (Å²) in [4.78, 5) is 4.36. The quantitative estimate of drug-likeness (QED) is 0.785. The van der Waals surface area contributed by atoms with Crippen LogP contribution in [0.1, 0.15) is 43.3 Å². The van der Waals surface area contributed by atoms with Crippen molar-refractivity contribution in [3.63, 3.8) is 0 Å². The van der Waals surface area contributed by atoms with Crippen molar-refractivity contribution < 1.29 is 4.42 Å². The topological polar surface area (TPSA) is 64.1 Å². The summed E-state index contributed by atoms with van der Waals surface area (Å²) in [5, 5.41) is 3.34. The summed E-state index contributed by atoms with van der Waals surface area (Å²) >= 11 is 0. The zero-order valence-electron chi connectivity index (χ0n) is 9.20. The third-order valence-corrected chi connectivity index (χ3v) is 3.07. The smallest absolute Gasteiger partial charge is 0.197 e. The molecule has 1 atom stereocenters. The van der Waals surface area contributed by atoms with Crippen molar-refractivity contribution in [2.45, 2.75) is 31.6 Å². The molecule has 3 N–H and O–H groups in total. The molecule has 0 spiro atoms. The third kappa shape index (κ3) is 2.38. The van der Waals surface area contributed by atoms with Gasteiger partial charge in [0, 0.05) is 18.4 Å². The summed E-state index contributed by atoms with van der Waals surface area (Å²) < 4.78 is 5.76. The Bertz CT molecular complexity index is 305. The van der Waals surface area contributed by atoms with Crippen LogP contribution in [0.3, 0.4) is 0 Å². The van der Waals surface area contributed by atoms with Crippen molar-refractivity contribution in [3.8, 4) is 0 Å². The maximum Gasteiger partial charge on any atom is 0.197 e. The van der Waals surface area contributed by atoms with Gasteiger partial charge in [-0.25, -0.2) is 4.98 Å². The van der Waals surface area contributed by atoms with E-state index in [1.54, 1.807) is 0 Å². The van der Waals surface area contributed by atoms with E-state index in [1.807, 2.05) is 6.20 Å². The number of aromatic nitrogens is 1. The molecule has 0 aromatic carbocycles. The number of nitrogens with one attached hydrogen (secondary N) is 1. The molecule has 2 rings (SSSR count). The van der Waals surface area contributed by atoms with Crippen LogP contribution in [-0.2, 0) is 0 Å². The highest BCUT2D eigenvalue weighted by atomic mass is 16.4. The molecule has 1 aromatic heterocycles. The Labute approximate surface area is 90.2 Å². The zero-order chi connectivity index (χ0) is 10.7. The Morgan fingerprint density at radius 3 is 3.00 bits per heavy atom. The minimum Gasteiger partial charge on any atom is -0.445 e. The van der Waals surface area contributed by atoms with Crippen molar-refractivity contribution in [2.24, 2.45) is 5.73 Å². The van der Waals surface area contributed by atoms with E-state index >= 15 is 0 Å². The number of nitrogens with zero attached hydrogens (tertiary/aromatic N) is 1. The first-order valence-electron chi connectivity index (χ1n) is 5.67. The molecule has 4 heteroatoms. The van der Waals surface area contributed by atoms with Crippen molar-refractivity contribution >= 4 is 0 Å². The maximum atomic E-state index is 5.76. The Kier molecular flexibility index (Phi) is 3.38. The molecule has 1 fully saturated rings. The highest BCUT2D eigenvalue weighted by Gasteiger charge is 2.21. The Balaban J connectivity index is 2.05. The first-order chi connectivity index (χ1) is 7.31. The van der Waals surface area contributed by atoms with E-state index in [0.717, 1.165) is 37.6 Å². The molecule has 0 radical (unpaired) electrons. The number of hydrogen-bond acceptors (Lipinski definition) is 4. The van der Waals surface area contributed by atoms with Gasteiger partial charge in [-0.1, -0.05) is 6.92 Å². The normalized spacial score (nSPS) is 20.4. The summed E-state index contributed by atoms with van der Waals surface area (Å²) in [6.45, 7) is 4.80. The van der Waals surface area contributed by atoms with E-state index < -0.39 is 0 Å². The average molecular weight is 209 g/mol. The van der Waals surface area contributed by atoms with Crippen LogP contribution in [0, 0.1) is 0 Å². The number of piperidine rings is 1. The fourth-order valence-electron chi connectivity index (χ4n) is 1.90. The third-order valence-electron chi connectivity index (χ3n) is 3.07. The van der Waals surface area contributed by atoms with Crippen LogP contribution in [0.4, 0.5) is 0 Å². The second-order valence-corrected chi connectivity index (χ2v) is 4.26. The Morgan fingerprint density at radius 1 is 1.60 bits per heavy atom. The highest BCUT2D eigenvalue weighted by Crippen LogP contribution is 2.26. The lowest BCUT2D eigenvalue weighted by atomic mass is 9.98. The first kappa shape index (κ1) is 10.6. The monoisotopic (exact) mass is 209 g/mol. The second kappa shape index (κ2) is 4.77. The standard InChI is InChI=1S/C11H19N3O/c1-8(6-12)10-7-14-11(15-10)9-2-4-13-5-3-9/h7-9,13H,2-6,12H2,1H3. The van der Waals surface area contributed by atoms with Gasteiger partial charge in [0.25, 0.3) is 0 Å². The molecule has 1 aliphatic rings. The highest BCUT2D eigenvalue weighted by molar-refractivity contribution is 5.04. The SMILES string of the molecule is CC(CN)c1cnc(C2CCNCC2)o1. The van der Waals surface area contributed by atoms with E-state index in [-0.39, 0.29) is 5.92 Å². The zero-order valence-corrected chi connectivity index (χ0v) is 9.20. The van der Waals surface area contributed by atoms with Crippen LogP contribution in [-0.4, -0.2) is 24.6 Å². The fourth-order valence-corrected chi connectivity index (χ4v) is 1.90. The molecular formula is C11H19N3O. The summed E-state index contributed by atoms with van der Waals surface area (Å²) in [7, 11) is 0. The molecule has 1 aromatic rings. The predicted molar refractivity (Wildman–Crippen MR) is 58.8 cm³/mol. The summed E-state index contributed by atoms with van der Waals surface area (Å²) in [5.41, 5.74) is 5.59. The van der Waals surface area contributed by atoms with Gasteiger partial charge in [0.1, 0.15) is 5.76 Å². The van der Waals surface area contributed by atoms with Gasteiger partial charge in [-0.15, -0.1) is 0 Å². The lowest BCUT2D eigenvalue weighted by Gasteiger charge is -2.19. The van der Waals surface area contributed by atoms with Crippen LogP contribution in [0.2, 0.25) is 0 Å². The Morgan fingerprint density at radius 2 is 2.33 bits per heavy atom. The molecule has 0 aliphatic carbocycles. The molecule has 0 saturated carbocycles. The molecular weight excluding hydrogens is 190 g/mol. The summed E-state index contributed by atoms with van der Waals surface area (Å²) in [5.74, 6) is 2.58. The maximum absolute atomic E-state index is 5.76. The molecule has 0 bridgehead atoms. The van der Waals surface area contributed by atoms with Crippen molar-refractivity contribution in [1.29, 1.82) is 0 Å². The molecule has 1 unspecified atom stereocenters. The van der Waals surface area contributed by atoms with Gasteiger partial charge in [0.15, 0.2) is 5.89 Å². The van der Waals surface area contributed by atoms with Crippen LogP contribution >= 0.6 is 0 Å². The predicted octanol–water partition coefficient (Wildman–Crippen LogP) is 1.20. The van der Waals surface area contributed by atoms with Gasteiger partial charge < -0.3 is 15.5 Å². The van der Waals surface area contributed by atoms with Crippen LogP contribution in [0.25, 0.3) is 0 Å². The largest absolute Gasteiger partial charge is 0.445 e. The molecule has 15 heavy (non-hydrogen) atoms. The molecule has 0 amide bonds. The van der Waals surface area contributed by atoms with Gasteiger partial charge in [-0.3, -0.25) is 0 Å². The van der Waals surface area contributed by atoms with Gasteiger partial charge in [0.2, 0.25) is 0 Å². The molecule has 1 aliphatic heterocycles. The van der Waals surface area contributed by atoms with E-state index in [2.05, 4.69) is 17.2 Å². The van der Waals surface area contributed by atoms with Crippen LogP contribution in [0.15, 0.2) is 10.6 Å². The number of rotatable bonds is 3. The van der Waals surface area contributed by atoms with Gasteiger partial charge in [-0.05, 0) is 25.9 Å². The van der Waals surface area contributed by atoms with Crippen LogP contribution < -0.4 is 11.1 Å². The van der Waals surface area contributed by atoms with Gasteiger partial charge in [0.05, 0.1) is 6.20 Å². The van der Waals surface area contributed by atoms with E-state index in [9.17, 15) is 0 Å². The van der Waals surface area contributed by atoms with E-state index in [4.69, 9.17) is 10.2 Å². The molecule has 84 valence electrons. The average Bonchev–Trinajstić information content (AvgIpc) is 2.78. The van der Waals surface area contributed by atoms with E-state index in [1.165, 1.54) is 0 Å². The van der Waals surface area contributed by atoms with Crippen molar-refractivity contribution in [2.75, 3.05) is 19.6 Å². The van der Waals surface area contributed by atoms with E-state index in [0.29, 0.717) is 12.5 Å². The number of nitrogens with two attached hydrogens (primary N) is 1. The number of hydrogen-bond donors (Lipinski definition) is 2. The van der Waals surface area contributed by atoms with Crippen molar-refractivity contribution in [1.82, 2.24) is 10.3 Å². The fraction of sp³-hybridized carbons (Fsp3) is 0.727. The lowest BCUT2D eigenvalue weighted by Crippen LogP contribution is -2.26. The second-order valence-electron chi connectivity index (χ2n) is 4.26. The summed E-state index contributed by atoms with van der Waals surface area (Å²) in [6, 6.07) is 0. The minimum atomic E-state index is 0.271. The van der Waals surface area contributed by atoms with Gasteiger partial charge >= 0.3 is 0 Å². The molecule has 4 nitrogen and oxygen atoms in total. The number of oxazole rings is 1. The molecule has 1 saturated heterocycles.